The van der Waals surface area contributed by atoms with E-state index in [1.54, 1.807) is 0 Å². The summed E-state index contributed by atoms with van der Waals surface area (Å²) in [6.45, 7) is 3.81. The summed E-state index contributed by atoms with van der Waals surface area (Å²) in [6, 6.07) is 18.4. The van der Waals surface area contributed by atoms with Gasteiger partial charge in [-0.1, -0.05) is 61.2 Å². The highest BCUT2D eigenvalue weighted by molar-refractivity contribution is 6.16. The maximum absolute atomic E-state index is 10.9. The summed E-state index contributed by atoms with van der Waals surface area (Å²) in [6.07, 6.45) is 0.809. The zero-order valence-electron chi connectivity index (χ0n) is 9.89. The van der Waals surface area contributed by atoms with E-state index in [-0.39, 0.29) is 0 Å². The molecule has 1 heteroatoms. The number of carbonyl (C=O) groups excluding carboxylic acids is 1. The third kappa shape index (κ3) is 1.52. The average molecular weight is 232 g/mol. The van der Waals surface area contributed by atoms with Crippen LogP contribution in [-0.4, -0.2) is 6.29 Å². The number of fused-ring (bicyclic) bond motifs is 3. The molecule has 18 heavy (non-hydrogen) atoms. The minimum absolute atomic E-state index is 0.524. The van der Waals surface area contributed by atoms with Gasteiger partial charge in [0.1, 0.15) is 6.29 Å². The summed E-state index contributed by atoms with van der Waals surface area (Å²) in [7, 11) is 0. The summed E-state index contributed by atoms with van der Waals surface area (Å²) in [4.78, 5) is 10.9. The fraction of sp³-hybridized carbons (Fsp3) is 0. The molecule has 0 aromatic heterocycles. The highest BCUT2D eigenvalue weighted by Crippen LogP contribution is 2.29. The fourth-order valence-corrected chi connectivity index (χ4v) is 2.38. The summed E-state index contributed by atoms with van der Waals surface area (Å²) in [5.74, 6) is 0. The van der Waals surface area contributed by atoms with Crippen molar-refractivity contribution >= 4 is 33.4 Å². The molecule has 3 rings (SSSR count). The summed E-state index contributed by atoms with van der Waals surface area (Å²) < 4.78 is 0. The Labute approximate surface area is 105 Å². The maximum atomic E-state index is 10.9. The number of aldehydes is 1. The molecular weight excluding hydrogens is 220 g/mol. The van der Waals surface area contributed by atoms with Gasteiger partial charge in [-0.15, -0.1) is 0 Å². The normalized spacial score (nSPS) is 10.7. The number of benzene rings is 3. The van der Waals surface area contributed by atoms with Gasteiger partial charge in [-0.05, 0) is 27.1 Å². The summed E-state index contributed by atoms with van der Waals surface area (Å²) in [5, 5.41) is 4.65. The number of carbonyl (C=O) groups is 1. The molecule has 0 aliphatic carbocycles. The lowest BCUT2D eigenvalue weighted by Crippen LogP contribution is -1.87. The van der Waals surface area contributed by atoms with Crippen molar-refractivity contribution in [3.05, 3.63) is 66.7 Å². The van der Waals surface area contributed by atoms with Crippen LogP contribution in [0, 0.1) is 0 Å². The van der Waals surface area contributed by atoms with Crippen LogP contribution in [0.3, 0.4) is 0 Å². The lowest BCUT2D eigenvalue weighted by atomic mass is 9.96. The van der Waals surface area contributed by atoms with Crippen molar-refractivity contribution in [3.63, 3.8) is 0 Å². The predicted molar refractivity (Wildman–Crippen MR) is 76.6 cm³/mol. The van der Waals surface area contributed by atoms with Crippen LogP contribution in [0.5, 0.6) is 0 Å². The molecule has 0 radical (unpaired) electrons. The third-order valence-corrected chi connectivity index (χ3v) is 3.27. The molecule has 0 aliphatic rings. The lowest BCUT2D eigenvalue weighted by molar-refractivity contribution is -0.103. The van der Waals surface area contributed by atoms with Crippen LogP contribution in [0.2, 0.25) is 0 Å². The SMILES string of the molecule is C=C(C=O)c1cccc2c1ccc1ccccc12. The van der Waals surface area contributed by atoms with Crippen molar-refractivity contribution in [1.29, 1.82) is 0 Å². The zero-order valence-corrected chi connectivity index (χ0v) is 9.89. The Morgan fingerprint density at radius 1 is 0.833 bits per heavy atom. The van der Waals surface area contributed by atoms with E-state index in [2.05, 4.69) is 36.9 Å². The van der Waals surface area contributed by atoms with E-state index in [1.807, 2.05) is 24.3 Å². The largest absolute Gasteiger partial charge is 0.298 e. The van der Waals surface area contributed by atoms with Crippen molar-refractivity contribution in [1.82, 2.24) is 0 Å². The van der Waals surface area contributed by atoms with Crippen molar-refractivity contribution in [2.45, 2.75) is 0 Å². The first-order valence-electron chi connectivity index (χ1n) is 5.86. The zero-order chi connectivity index (χ0) is 12.5. The molecular formula is C17H12O. The molecule has 0 N–H and O–H groups in total. The first-order chi connectivity index (χ1) is 8.81. The van der Waals surface area contributed by atoms with Gasteiger partial charge in [-0.25, -0.2) is 0 Å². The molecule has 0 unspecified atom stereocenters. The first kappa shape index (κ1) is 10.7. The van der Waals surface area contributed by atoms with E-state index >= 15 is 0 Å². The predicted octanol–water partition coefficient (Wildman–Crippen LogP) is 4.21. The van der Waals surface area contributed by atoms with Crippen LogP contribution >= 0.6 is 0 Å². The molecule has 3 aromatic rings. The number of hydrogen-bond acceptors (Lipinski definition) is 1. The summed E-state index contributed by atoms with van der Waals surface area (Å²) >= 11 is 0. The van der Waals surface area contributed by atoms with Gasteiger partial charge < -0.3 is 0 Å². The maximum Gasteiger partial charge on any atom is 0.150 e. The van der Waals surface area contributed by atoms with E-state index < -0.39 is 0 Å². The molecule has 3 aromatic carbocycles. The Bertz CT molecular complexity index is 769. The summed E-state index contributed by atoms with van der Waals surface area (Å²) in [5.41, 5.74) is 1.43. The van der Waals surface area contributed by atoms with Crippen LogP contribution < -0.4 is 0 Å². The first-order valence-corrected chi connectivity index (χ1v) is 5.86. The monoisotopic (exact) mass is 232 g/mol. The Morgan fingerprint density at radius 2 is 1.61 bits per heavy atom. The molecule has 0 atom stereocenters. The smallest absolute Gasteiger partial charge is 0.150 e. The Balaban J connectivity index is 2.47. The van der Waals surface area contributed by atoms with Crippen LogP contribution in [0.4, 0.5) is 0 Å². The van der Waals surface area contributed by atoms with Crippen LogP contribution in [-0.2, 0) is 4.79 Å². The number of allylic oxidation sites excluding steroid dienone is 1. The van der Waals surface area contributed by atoms with Gasteiger partial charge in [0.2, 0.25) is 0 Å². The molecule has 86 valence electrons. The molecule has 0 heterocycles. The van der Waals surface area contributed by atoms with E-state index in [0.29, 0.717) is 5.57 Å². The quantitative estimate of drug-likeness (QED) is 0.367. The van der Waals surface area contributed by atoms with Gasteiger partial charge >= 0.3 is 0 Å². The molecule has 0 bridgehead atoms. The van der Waals surface area contributed by atoms with Gasteiger partial charge in [0.25, 0.3) is 0 Å². The second-order valence-corrected chi connectivity index (χ2v) is 4.33. The Kier molecular flexibility index (Phi) is 2.45. The van der Waals surface area contributed by atoms with Gasteiger partial charge in [0.15, 0.2) is 0 Å². The number of rotatable bonds is 2. The van der Waals surface area contributed by atoms with E-state index in [9.17, 15) is 4.79 Å². The molecule has 1 nitrogen and oxygen atoms in total. The lowest BCUT2D eigenvalue weighted by Gasteiger charge is -2.08. The Morgan fingerprint density at radius 3 is 2.44 bits per heavy atom. The molecule has 0 saturated carbocycles. The molecule has 0 amide bonds. The second kappa shape index (κ2) is 4.11. The van der Waals surface area contributed by atoms with Gasteiger partial charge in [-0.2, -0.15) is 0 Å². The molecule has 0 aliphatic heterocycles. The van der Waals surface area contributed by atoms with Crippen molar-refractivity contribution in [3.8, 4) is 0 Å². The third-order valence-electron chi connectivity index (χ3n) is 3.27. The van der Waals surface area contributed by atoms with E-state index in [0.717, 1.165) is 22.6 Å². The average Bonchev–Trinajstić information content (AvgIpc) is 2.45. The topological polar surface area (TPSA) is 17.1 Å². The van der Waals surface area contributed by atoms with Gasteiger partial charge in [0.05, 0.1) is 0 Å². The standard InChI is InChI=1S/C17H12O/c1-12(11-18)14-7-4-8-16-15-6-3-2-5-13(15)9-10-17(14)16/h2-11H,1H2. The second-order valence-electron chi connectivity index (χ2n) is 4.33. The highest BCUT2D eigenvalue weighted by atomic mass is 16.1. The van der Waals surface area contributed by atoms with Crippen LogP contribution in [0.25, 0.3) is 27.1 Å². The molecule has 0 fully saturated rings. The van der Waals surface area contributed by atoms with Crippen molar-refractivity contribution in [2.75, 3.05) is 0 Å². The molecule has 0 saturated heterocycles. The van der Waals surface area contributed by atoms with Crippen LogP contribution in [0.15, 0.2) is 61.2 Å². The highest BCUT2D eigenvalue weighted by Gasteiger charge is 2.06. The van der Waals surface area contributed by atoms with E-state index in [4.69, 9.17) is 0 Å². The van der Waals surface area contributed by atoms with Crippen LogP contribution in [0.1, 0.15) is 5.56 Å². The van der Waals surface area contributed by atoms with Crippen molar-refractivity contribution in [2.24, 2.45) is 0 Å². The van der Waals surface area contributed by atoms with Crippen molar-refractivity contribution < 1.29 is 4.79 Å². The number of hydrogen-bond donors (Lipinski definition) is 0. The van der Waals surface area contributed by atoms with Gasteiger partial charge in [0, 0.05) is 5.57 Å². The Hall–Kier alpha value is -2.41. The fourth-order valence-electron chi connectivity index (χ4n) is 2.38. The molecule has 0 spiro atoms. The minimum Gasteiger partial charge on any atom is -0.298 e. The van der Waals surface area contributed by atoms with E-state index in [1.165, 1.54) is 10.8 Å². The van der Waals surface area contributed by atoms with Gasteiger partial charge in [-0.3, -0.25) is 4.79 Å². The minimum atomic E-state index is 0.524.